The maximum absolute atomic E-state index is 8.05. The van der Waals surface area contributed by atoms with Crippen molar-refractivity contribution in [2.75, 3.05) is 0 Å². The number of para-hydroxylation sites is 2. The molecule has 0 fully saturated rings. The summed E-state index contributed by atoms with van der Waals surface area (Å²) in [7, 11) is 0. The van der Waals surface area contributed by atoms with E-state index in [0.717, 1.165) is 50.4 Å². The quantitative estimate of drug-likeness (QED) is 0.170. The Morgan fingerprint density at radius 2 is 1.13 bits per heavy atom. The molecule has 0 radical (unpaired) electrons. The van der Waals surface area contributed by atoms with E-state index in [1.54, 1.807) is 0 Å². The summed E-state index contributed by atoms with van der Waals surface area (Å²) in [5, 5.41) is 4.93. The van der Waals surface area contributed by atoms with Crippen molar-refractivity contribution in [2.24, 2.45) is 0 Å². The normalized spacial score (nSPS) is 11.4. The van der Waals surface area contributed by atoms with E-state index in [2.05, 4.69) is 119 Å². The third-order valence-corrected chi connectivity index (χ3v) is 11.0. The Hall–Kier alpha value is -6.87. The van der Waals surface area contributed by atoms with Crippen LogP contribution in [-0.2, 0) is 0 Å². The predicted octanol–water partition coefficient (Wildman–Crippen LogP) is 13.2. The smallest absolute Gasteiger partial charge is 0.194 e. The topological polar surface area (TPSA) is 35.1 Å². The second-order valence-corrected chi connectivity index (χ2v) is 13.9. The minimum atomic E-state index is 0.609. The summed E-state index contributed by atoms with van der Waals surface area (Å²) in [4.78, 5) is 14.2. The van der Waals surface area contributed by atoms with Crippen LogP contribution in [0.1, 0.15) is 0 Å². The van der Waals surface area contributed by atoms with Crippen LogP contribution >= 0.6 is 11.3 Å². The number of nitrogens with zero attached hydrogens (tertiary/aromatic N) is 4. The Kier molecular flexibility index (Phi) is 7.02. The van der Waals surface area contributed by atoms with Gasteiger partial charge in [-0.25, -0.2) is 14.8 Å². The first-order valence-corrected chi connectivity index (χ1v) is 18.0. The Bertz CT molecular complexity index is 2970. The second-order valence-electron chi connectivity index (χ2n) is 12.9. The molecule has 0 saturated carbocycles. The van der Waals surface area contributed by atoms with Gasteiger partial charge in [0.2, 0.25) is 0 Å². The van der Waals surface area contributed by atoms with Crippen LogP contribution < -0.4 is 0 Å². The van der Waals surface area contributed by atoms with E-state index in [1.807, 2.05) is 72.0 Å². The van der Waals surface area contributed by atoms with Gasteiger partial charge in [-0.2, -0.15) is 0 Å². The van der Waals surface area contributed by atoms with Gasteiger partial charge in [0.1, 0.15) is 0 Å². The molecule has 0 amide bonds. The van der Waals surface area contributed by atoms with E-state index in [9.17, 15) is 0 Å². The average Bonchev–Trinajstić information content (AvgIpc) is 3.77. The van der Waals surface area contributed by atoms with Crippen LogP contribution in [0.4, 0.5) is 5.69 Å². The maximum Gasteiger partial charge on any atom is 0.194 e. The van der Waals surface area contributed by atoms with E-state index < -0.39 is 0 Å². The van der Waals surface area contributed by atoms with Crippen molar-refractivity contribution < 1.29 is 0 Å². The monoisotopic (exact) mass is 680 g/mol. The molecule has 0 aliphatic carbocycles. The molecule has 242 valence electrons. The molecule has 5 heteroatoms. The summed E-state index contributed by atoms with van der Waals surface area (Å²) in [6, 6.07) is 58.9. The number of thiophene rings is 1. The summed E-state index contributed by atoms with van der Waals surface area (Å²) in [6.07, 6.45) is 0. The van der Waals surface area contributed by atoms with Gasteiger partial charge < -0.3 is 4.57 Å². The zero-order valence-electron chi connectivity index (χ0n) is 27.9. The Morgan fingerprint density at radius 3 is 1.94 bits per heavy atom. The molecule has 0 atom stereocenters. The Labute approximate surface area is 304 Å². The molecule has 0 saturated heterocycles. The maximum atomic E-state index is 8.05. The van der Waals surface area contributed by atoms with E-state index >= 15 is 0 Å². The van der Waals surface area contributed by atoms with E-state index in [-0.39, 0.29) is 0 Å². The molecule has 3 heterocycles. The summed E-state index contributed by atoms with van der Waals surface area (Å²) in [5.74, 6) is 0.661. The number of hydrogen-bond donors (Lipinski definition) is 0. The highest BCUT2D eigenvalue weighted by molar-refractivity contribution is 7.26. The summed E-state index contributed by atoms with van der Waals surface area (Å²) in [5.41, 5.74) is 10.3. The van der Waals surface area contributed by atoms with Gasteiger partial charge in [-0.05, 0) is 47.5 Å². The Morgan fingerprint density at radius 1 is 0.500 bits per heavy atom. The lowest BCUT2D eigenvalue weighted by Gasteiger charge is -2.16. The van der Waals surface area contributed by atoms with Gasteiger partial charge in [0.25, 0.3) is 0 Å². The van der Waals surface area contributed by atoms with Gasteiger partial charge in [0, 0.05) is 48.6 Å². The minimum Gasteiger partial charge on any atom is -0.308 e. The van der Waals surface area contributed by atoms with Crippen LogP contribution in [0, 0.1) is 6.57 Å². The third kappa shape index (κ3) is 4.89. The molecule has 10 rings (SSSR count). The highest BCUT2D eigenvalue weighted by Gasteiger charge is 2.20. The van der Waals surface area contributed by atoms with Crippen molar-refractivity contribution in [1.29, 1.82) is 0 Å². The SMILES string of the molecule is [C-]#[N+]c1ccccc1-c1cc(-c2cc(-c3ccccc3)nc(-c3ccccc3)n2)cc(-n2c3ccccc3c3ccc4c5ccccc5sc4c32)c1. The van der Waals surface area contributed by atoms with Gasteiger partial charge in [0.15, 0.2) is 11.5 Å². The van der Waals surface area contributed by atoms with Crippen molar-refractivity contribution in [1.82, 2.24) is 14.5 Å². The molecule has 52 heavy (non-hydrogen) atoms. The lowest BCUT2D eigenvalue weighted by molar-refractivity contribution is 1.17. The molecule has 3 aromatic heterocycles. The predicted molar refractivity (Wildman–Crippen MR) is 217 cm³/mol. The fraction of sp³-hybridized carbons (Fsp3) is 0. The second kappa shape index (κ2) is 12.2. The van der Waals surface area contributed by atoms with E-state index in [4.69, 9.17) is 16.5 Å². The highest BCUT2D eigenvalue weighted by atomic mass is 32.1. The summed E-state index contributed by atoms with van der Waals surface area (Å²) in [6.45, 7) is 8.05. The van der Waals surface area contributed by atoms with Crippen molar-refractivity contribution >= 4 is 59.0 Å². The van der Waals surface area contributed by atoms with Gasteiger partial charge >= 0.3 is 0 Å². The van der Waals surface area contributed by atoms with E-state index in [1.165, 1.54) is 36.5 Å². The van der Waals surface area contributed by atoms with E-state index in [0.29, 0.717) is 11.5 Å². The fourth-order valence-electron chi connectivity index (χ4n) is 7.43. The van der Waals surface area contributed by atoms with Crippen LogP contribution in [-0.4, -0.2) is 14.5 Å². The zero-order valence-corrected chi connectivity index (χ0v) is 28.7. The fourth-order valence-corrected chi connectivity index (χ4v) is 8.67. The number of rotatable bonds is 5. The summed E-state index contributed by atoms with van der Waals surface area (Å²) < 4.78 is 4.93. The lowest BCUT2D eigenvalue weighted by Crippen LogP contribution is -1.99. The molecular weight excluding hydrogens is 653 g/mol. The molecule has 4 nitrogen and oxygen atoms in total. The third-order valence-electron chi connectivity index (χ3n) is 9.81. The van der Waals surface area contributed by atoms with Gasteiger partial charge in [-0.15, -0.1) is 11.3 Å². The standard InChI is InChI=1S/C47H28N4S/c1-48-40-21-11-8-18-35(40)32-26-33(42-29-41(30-14-4-2-5-15-30)49-47(50-42)31-16-6-3-7-17-31)28-34(27-32)51-43-22-12-9-19-36(43)38-24-25-39-37-20-10-13-23-44(37)52-46(39)45(38)51/h2-29H. The van der Waals surface area contributed by atoms with Gasteiger partial charge in [-0.3, -0.25) is 0 Å². The number of benzene rings is 7. The van der Waals surface area contributed by atoms with Gasteiger partial charge in [-0.1, -0.05) is 133 Å². The van der Waals surface area contributed by atoms with Crippen molar-refractivity contribution in [2.45, 2.75) is 0 Å². The van der Waals surface area contributed by atoms with Crippen LogP contribution in [0.2, 0.25) is 0 Å². The molecule has 0 aliphatic rings. The lowest BCUT2D eigenvalue weighted by atomic mass is 9.98. The first-order valence-electron chi connectivity index (χ1n) is 17.2. The van der Waals surface area contributed by atoms with Crippen LogP contribution in [0.15, 0.2) is 170 Å². The number of fused-ring (bicyclic) bond motifs is 7. The average molecular weight is 681 g/mol. The van der Waals surface area contributed by atoms with Gasteiger partial charge in [0.05, 0.1) is 33.7 Å². The zero-order chi connectivity index (χ0) is 34.6. The molecule has 10 aromatic rings. The molecule has 0 unspecified atom stereocenters. The minimum absolute atomic E-state index is 0.609. The number of hydrogen-bond acceptors (Lipinski definition) is 3. The molecule has 0 aliphatic heterocycles. The number of aromatic nitrogens is 3. The van der Waals surface area contributed by atoms with Crippen molar-refractivity contribution in [3.05, 3.63) is 181 Å². The summed E-state index contributed by atoms with van der Waals surface area (Å²) >= 11 is 1.84. The molecule has 0 bridgehead atoms. The van der Waals surface area contributed by atoms with Crippen LogP contribution in [0.25, 0.3) is 97.5 Å². The molecule has 7 aromatic carbocycles. The Balaban J connectivity index is 1.31. The van der Waals surface area contributed by atoms with Crippen molar-refractivity contribution in [3.8, 4) is 50.7 Å². The van der Waals surface area contributed by atoms with Crippen LogP contribution in [0.3, 0.4) is 0 Å². The van der Waals surface area contributed by atoms with Crippen molar-refractivity contribution in [3.63, 3.8) is 0 Å². The molecular formula is C47H28N4S. The molecule has 0 spiro atoms. The first kappa shape index (κ1) is 30.0. The largest absolute Gasteiger partial charge is 0.308 e. The molecule has 0 N–H and O–H groups in total. The first-order chi connectivity index (χ1) is 25.7. The highest BCUT2D eigenvalue weighted by Crippen LogP contribution is 2.44. The van der Waals surface area contributed by atoms with Crippen LogP contribution in [0.5, 0.6) is 0 Å².